The quantitative estimate of drug-likeness (QED) is 0.740. The SMILES string of the molecule is Cc1cccc(N2C(=O)c3ccccc3N[C@H]2c2ccc(C#N)cc2)c1. The normalized spacial score (nSPS) is 15.8. The van der Waals surface area contributed by atoms with Crippen LogP contribution in [-0.4, -0.2) is 5.91 Å². The molecule has 4 heteroatoms. The third-order valence-corrected chi connectivity index (χ3v) is 4.56. The molecule has 0 bridgehead atoms. The lowest BCUT2D eigenvalue weighted by molar-refractivity contribution is 0.0975. The van der Waals surface area contributed by atoms with Gasteiger partial charge in [0.25, 0.3) is 5.91 Å². The number of para-hydroxylation sites is 1. The number of amides is 1. The Bertz CT molecular complexity index is 1020. The van der Waals surface area contributed by atoms with E-state index in [-0.39, 0.29) is 12.1 Å². The van der Waals surface area contributed by atoms with Gasteiger partial charge in [0.05, 0.1) is 17.2 Å². The van der Waals surface area contributed by atoms with Gasteiger partial charge < -0.3 is 5.32 Å². The van der Waals surface area contributed by atoms with E-state index in [1.807, 2.05) is 67.6 Å². The van der Waals surface area contributed by atoms with E-state index < -0.39 is 0 Å². The number of nitriles is 1. The van der Waals surface area contributed by atoms with Crippen LogP contribution in [0.2, 0.25) is 0 Å². The Morgan fingerprint density at radius 3 is 2.50 bits per heavy atom. The molecule has 3 aromatic carbocycles. The monoisotopic (exact) mass is 339 g/mol. The molecule has 0 saturated heterocycles. The van der Waals surface area contributed by atoms with Crippen LogP contribution in [0.25, 0.3) is 0 Å². The van der Waals surface area contributed by atoms with Gasteiger partial charge in [-0.15, -0.1) is 0 Å². The van der Waals surface area contributed by atoms with E-state index in [1.165, 1.54) is 0 Å². The second-order valence-electron chi connectivity index (χ2n) is 6.34. The first kappa shape index (κ1) is 15.9. The molecule has 0 fully saturated rings. The number of carbonyl (C=O) groups is 1. The van der Waals surface area contributed by atoms with Crippen molar-refractivity contribution < 1.29 is 4.79 Å². The van der Waals surface area contributed by atoms with Crippen LogP contribution in [0.3, 0.4) is 0 Å². The molecule has 3 aromatic rings. The average Bonchev–Trinajstić information content (AvgIpc) is 2.68. The summed E-state index contributed by atoms with van der Waals surface area (Å²) in [5.41, 5.74) is 4.92. The summed E-state index contributed by atoms with van der Waals surface area (Å²) in [4.78, 5) is 15.0. The standard InChI is InChI=1S/C22H17N3O/c1-15-5-4-6-18(13-15)25-21(17-11-9-16(14-23)10-12-17)24-20-8-3-2-7-19(20)22(25)26/h2-13,21,24H,1H3/t21-/m1/s1. The number of fused-ring (bicyclic) bond motifs is 1. The highest BCUT2D eigenvalue weighted by Crippen LogP contribution is 2.36. The van der Waals surface area contributed by atoms with Gasteiger partial charge >= 0.3 is 0 Å². The van der Waals surface area contributed by atoms with Crippen LogP contribution in [0.5, 0.6) is 0 Å². The topological polar surface area (TPSA) is 56.1 Å². The Balaban J connectivity index is 1.85. The predicted molar refractivity (Wildman–Crippen MR) is 102 cm³/mol. The Morgan fingerprint density at radius 1 is 1.00 bits per heavy atom. The first-order chi connectivity index (χ1) is 12.7. The summed E-state index contributed by atoms with van der Waals surface area (Å²) in [5.74, 6) is -0.0423. The largest absolute Gasteiger partial charge is 0.360 e. The van der Waals surface area contributed by atoms with E-state index in [0.29, 0.717) is 11.1 Å². The Kier molecular flexibility index (Phi) is 3.91. The molecule has 4 rings (SSSR count). The smallest absolute Gasteiger partial charge is 0.262 e. The highest BCUT2D eigenvalue weighted by molar-refractivity contribution is 6.12. The van der Waals surface area contributed by atoms with Gasteiger partial charge in [0, 0.05) is 11.4 Å². The maximum absolute atomic E-state index is 13.3. The number of nitrogens with one attached hydrogen (secondary N) is 1. The van der Waals surface area contributed by atoms with Gasteiger partial charge in [0.15, 0.2) is 0 Å². The van der Waals surface area contributed by atoms with Gasteiger partial charge in [-0.3, -0.25) is 9.69 Å². The van der Waals surface area contributed by atoms with Crippen molar-refractivity contribution in [2.45, 2.75) is 13.1 Å². The third kappa shape index (κ3) is 2.70. The molecule has 0 aromatic heterocycles. The predicted octanol–water partition coefficient (Wildman–Crippen LogP) is 4.64. The van der Waals surface area contributed by atoms with E-state index in [0.717, 1.165) is 22.5 Å². The molecule has 4 nitrogen and oxygen atoms in total. The third-order valence-electron chi connectivity index (χ3n) is 4.56. The van der Waals surface area contributed by atoms with Crippen LogP contribution in [-0.2, 0) is 0 Å². The molecule has 1 aliphatic rings. The summed E-state index contributed by atoms with van der Waals surface area (Å²) >= 11 is 0. The van der Waals surface area contributed by atoms with Crippen molar-refractivity contribution in [3.63, 3.8) is 0 Å². The highest BCUT2D eigenvalue weighted by Gasteiger charge is 2.33. The number of rotatable bonds is 2. The maximum Gasteiger partial charge on any atom is 0.262 e. The van der Waals surface area contributed by atoms with Crippen LogP contribution < -0.4 is 10.2 Å². The fourth-order valence-corrected chi connectivity index (χ4v) is 3.27. The number of carbonyl (C=O) groups excluding carboxylic acids is 1. The zero-order valence-electron chi connectivity index (χ0n) is 14.3. The van der Waals surface area contributed by atoms with Gasteiger partial charge in [0.1, 0.15) is 6.17 Å². The molecule has 0 unspecified atom stereocenters. The van der Waals surface area contributed by atoms with Crippen LogP contribution in [0.1, 0.15) is 33.2 Å². The number of benzene rings is 3. The van der Waals surface area contributed by atoms with E-state index in [9.17, 15) is 4.79 Å². The van der Waals surface area contributed by atoms with E-state index in [4.69, 9.17) is 5.26 Å². The summed E-state index contributed by atoms with van der Waals surface area (Å²) in [6.45, 7) is 2.01. The molecule has 1 amide bonds. The molecule has 1 aliphatic heterocycles. The minimum absolute atomic E-state index is 0.0423. The van der Waals surface area contributed by atoms with E-state index in [2.05, 4.69) is 11.4 Å². The van der Waals surface area contributed by atoms with Gasteiger partial charge in [0.2, 0.25) is 0 Å². The van der Waals surface area contributed by atoms with Crippen molar-refractivity contribution >= 4 is 17.3 Å². The average molecular weight is 339 g/mol. The zero-order valence-corrected chi connectivity index (χ0v) is 14.3. The zero-order chi connectivity index (χ0) is 18.1. The fraction of sp³-hybridized carbons (Fsp3) is 0.0909. The van der Waals surface area contributed by atoms with Crippen molar-refractivity contribution in [1.29, 1.82) is 5.26 Å². The van der Waals surface area contributed by atoms with Crippen LogP contribution >= 0.6 is 0 Å². The summed E-state index contributed by atoms with van der Waals surface area (Å²) < 4.78 is 0. The van der Waals surface area contributed by atoms with Gasteiger partial charge in [-0.1, -0.05) is 36.4 Å². The molecule has 1 heterocycles. The van der Waals surface area contributed by atoms with Crippen molar-refractivity contribution in [1.82, 2.24) is 0 Å². The van der Waals surface area contributed by atoms with Crippen molar-refractivity contribution in [2.24, 2.45) is 0 Å². The summed E-state index contributed by atoms with van der Waals surface area (Å²) in [7, 11) is 0. The lowest BCUT2D eigenvalue weighted by atomic mass is 10.0. The second-order valence-corrected chi connectivity index (χ2v) is 6.34. The maximum atomic E-state index is 13.3. The lowest BCUT2D eigenvalue weighted by Crippen LogP contribution is -2.43. The number of anilines is 2. The molecular weight excluding hydrogens is 322 g/mol. The lowest BCUT2D eigenvalue weighted by Gasteiger charge is -2.38. The van der Waals surface area contributed by atoms with Crippen molar-refractivity contribution in [3.05, 3.63) is 95.1 Å². The molecule has 0 radical (unpaired) electrons. The van der Waals surface area contributed by atoms with Crippen molar-refractivity contribution in [2.75, 3.05) is 10.2 Å². The number of nitrogens with zero attached hydrogens (tertiary/aromatic N) is 2. The first-order valence-electron chi connectivity index (χ1n) is 8.43. The molecule has 0 spiro atoms. The Morgan fingerprint density at radius 2 is 1.77 bits per heavy atom. The fourth-order valence-electron chi connectivity index (χ4n) is 3.27. The van der Waals surface area contributed by atoms with Crippen LogP contribution in [0.15, 0.2) is 72.8 Å². The molecule has 0 aliphatic carbocycles. The summed E-state index contributed by atoms with van der Waals surface area (Å²) in [6.07, 6.45) is -0.341. The van der Waals surface area contributed by atoms with Crippen molar-refractivity contribution in [3.8, 4) is 6.07 Å². The molecule has 1 atom stereocenters. The van der Waals surface area contributed by atoms with Crippen LogP contribution in [0, 0.1) is 18.3 Å². The van der Waals surface area contributed by atoms with Gasteiger partial charge in [-0.2, -0.15) is 5.26 Å². The number of aryl methyl sites for hydroxylation is 1. The molecule has 0 saturated carbocycles. The minimum atomic E-state index is -0.341. The highest BCUT2D eigenvalue weighted by atomic mass is 16.2. The van der Waals surface area contributed by atoms with E-state index in [1.54, 1.807) is 17.0 Å². The Hall–Kier alpha value is -3.58. The number of hydrogen-bond donors (Lipinski definition) is 1. The van der Waals surface area contributed by atoms with Gasteiger partial charge in [-0.05, 0) is 54.4 Å². The van der Waals surface area contributed by atoms with Crippen LogP contribution in [0.4, 0.5) is 11.4 Å². The second kappa shape index (κ2) is 6.38. The first-order valence-corrected chi connectivity index (χ1v) is 8.43. The minimum Gasteiger partial charge on any atom is -0.360 e. The van der Waals surface area contributed by atoms with Gasteiger partial charge in [-0.25, -0.2) is 0 Å². The number of hydrogen-bond acceptors (Lipinski definition) is 3. The summed E-state index contributed by atoms with van der Waals surface area (Å²) in [6, 6.07) is 24.9. The summed E-state index contributed by atoms with van der Waals surface area (Å²) in [5, 5.41) is 12.5. The molecule has 26 heavy (non-hydrogen) atoms. The molecular formula is C22H17N3O. The molecule has 1 N–H and O–H groups in total. The van der Waals surface area contributed by atoms with E-state index >= 15 is 0 Å². The Labute approximate surface area is 152 Å². The molecule has 126 valence electrons.